The number of carbonyl (C=O) groups is 2. The van der Waals surface area contributed by atoms with Crippen molar-refractivity contribution in [2.24, 2.45) is 0 Å². The molecule has 27 heavy (non-hydrogen) atoms. The van der Waals surface area contributed by atoms with Gasteiger partial charge in [0.15, 0.2) is 5.76 Å². The summed E-state index contributed by atoms with van der Waals surface area (Å²) in [5.41, 5.74) is 0.910. The zero-order chi connectivity index (χ0) is 19.4. The first-order chi connectivity index (χ1) is 13.0. The standard InChI is InChI=1S/C20H24N2O5/c1-13(21-19(23)18-7-5-11-27-18)20(24)22-10-4-6-16(22)15-12-14(25-2)8-9-17(15)26-3/h5,7-9,11-13,16H,4,6,10H2,1-3H3,(H,21,23). The van der Waals surface area contributed by atoms with E-state index in [1.807, 2.05) is 18.2 Å². The highest BCUT2D eigenvalue weighted by Gasteiger charge is 2.34. The lowest BCUT2D eigenvalue weighted by Gasteiger charge is -2.29. The summed E-state index contributed by atoms with van der Waals surface area (Å²) in [6.07, 6.45) is 3.14. The molecule has 7 nitrogen and oxygen atoms in total. The van der Waals surface area contributed by atoms with Crippen LogP contribution in [-0.4, -0.2) is 43.5 Å². The lowest BCUT2D eigenvalue weighted by atomic mass is 10.0. The van der Waals surface area contributed by atoms with Crippen molar-refractivity contribution in [1.29, 1.82) is 0 Å². The van der Waals surface area contributed by atoms with Gasteiger partial charge in [-0.15, -0.1) is 0 Å². The number of nitrogens with one attached hydrogen (secondary N) is 1. The number of carbonyl (C=O) groups excluding carboxylic acids is 2. The largest absolute Gasteiger partial charge is 0.497 e. The maximum absolute atomic E-state index is 13.0. The molecule has 2 heterocycles. The Balaban J connectivity index is 1.77. The molecule has 2 atom stereocenters. The van der Waals surface area contributed by atoms with E-state index in [1.165, 1.54) is 6.26 Å². The number of hydrogen-bond acceptors (Lipinski definition) is 5. The summed E-state index contributed by atoms with van der Waals surface area (Å²) in [5.74, 6) is 1.07. The van der Waals surface area contributed by atoms with E-state index in [9.17, 15) is 9.59 Å². The Labute approximate surface area is 158 Å². The molecule has 2 aromatic rings. The third-order valence-corrected chi connectivity index (χ3v) is 4.79. The van der Waals surface area contributed by atoms with Gasteiger partial charge < -0.3 is 24.1 Å². The highest BCUT2D eigenvalue weighted by Crippen LogP contribution is 2.39. The van der Waals surface area contributed by atoms with Gasteiger partial charge in [-0.2, -0.15) is 0 Å². The second kappa shape index (κ2) is 8.16. The summed E-state index contributed by atoms with van der Waals surface area (Å²) in [7, 11) is 3.22. The number of methoxy groups -OCH3 is 2. The van der Waals surface area contributed by atoms with E-state index in [0.717, 1.165) is 18.4 Å². The van der Waals surface area contributed by atoms with Crippen LogP contribution in [-0.2, 0) is 4.79 Å². The van der Waals surface area contributed by atoms with Crippen LogP contribution in [0.5, 0.6) is 11.5 Å². The lowest BCUT2D eigenvalue weighted by Crippen LogP contribution is -2.46. The summed E-state index contributed by atoms with van der Waals surface area (Å²) in [4.78, 5) is 27.0. The van der Waals surface area contributed by atoms with Crippen molar-refractivity contribution in [3.05, 3.63) is 47.9 Å². The van der Waals surface area contributed by atoms with Crippen LogP contribution in [0.15, 0.2) is 41.0 Å². The van der Waals surface area contributed by atoms with Crippen molar-refractivity contribution in [3.8, 4) is 11.5 Å². The van der Waals surface area contributed by atoms with E-state index in [4.69, 9.17) is 13.9 Å². The lowest BCUT2D eigenvalue weighted by molar-refractivity contribution is -0.133. The molecule has 1 aliphatic rings. The molecule has 1 saturated heterocycles. The number of likely N-dealkylation sites (tertiary alicyclic amines) is 1. The van der Waals surface area contributed by atoms with Gasteiger partial charge in [-0.1, -0.05) is 0 Å². The number of rotatable bonds is 6. The molecule has 0 bridgehead atoms. The molecule has 1 aliphatic heterocycles. The molecule has 1 aromatic heterocycles. The van der Waals surface area contributed by atoms with E-state index >= 15 is 0 Å². The highest BCUT2D eigenvalue weighted by atomic mass is 16.5. The van der Waals surface area contributed by atoms with Gasteiger partial charge in [0.1, 0.15) is 17.5 Å². The van der Waals surface area contributed by atoms with Crippen molar-refractivity contribution in [3.63, 3.8) is 0 Å². The molecule has 1 aromatic carbocycles. The SMILES string of the molecule is COc1ccc(OC)c(C2CCCN2C(=O)C(C)NC(=O)c2ccco2)c1. The number of nitrogens with zero attached hydrogens (tertiary/aromatic N) is 1. The number of furan rings is 1. The molecule has 0 saturated carbocycles. The maximum Gasteiger partial charge on any atom is 0.287 e. The van der Waals surface area contributed by atoms with Gasteiger partial charge in [0, 0.05) is 12.1 Å². The van der Waals surface area contributed by atoms with Gasteiger partial charge in [0.05, 0.1) is 26.5 Å². The fraction of sp³-hybridized carbons (Fsp3) is 0.400. The van der Waals surface area contributed by atoms with Crippen LogP contribution in [0, 0.1) is 0 Å². The predicted molar refractivity (Wildman–Crippen MR) is 98.9 cm³/mol. The van der Waals surface area contributed by atoms with Crippen molar-refractivity contribution in [2.45, 2.75) is 31.8 Å². The van der Waals surface area contributed by atoms with Gasteiger partial charge in [-0.25, -0.2) is 0 Å². The summed E-state index contributed by atoms with van der Waals surface area (Å²) in [6.45, 7) is 2.31. The zero-order valence-electron chi connectivity index (χ0n) is 15.7. The second-order valence-electron chi connectivity index (χ2n) is 6.47. The van der Waals surface area contributed by atoms with E-state index in [0.29, 0.717) is 18.0 Å². The average Bonchev–Trinajstić information content (AvgIpc) is 3.38. The molecule has 2 amide bonds. The molecular weight excluding hydrogens is 348 g/mol. The van der Waals surface area contributed by atoms with Crippen LogP contribution in [0.2, 0.25) is 0 Å². The molecule has 0 radical (unpaired) electrons. The maximum atomic E-state index is 13.0. The smallest absolute Gasteiger partial charge is 0.287 e. The van der Waals surface area contributed by atoms with Gasteiger partial charge in [0.2, 0.25) is 5.91 Å². The van der Waals surface area contributed by atoms with E-state index in [1.54, 1.807) is 38.2 Å². The highest BCUT2D eigenvalue weighted by molar-refractivity contribution is 5.95. The van der Waals surface area contributed by atoms with Gasteiger partial charge in [-0.3, -0.25) is 9.59 Å². The first-order valence-corrected chi connectivity index (χ1v) is 8.92. The van der Waals surface area contributed by atoms with Crippen LogP contribution in [0.1, 0.15) is 41.9 Å². The van der Waals surface area contributed by atoms with Crippen LogP contribution in [0.25, 0.3) is 0 Å². The van der Waals surface area contributed by atoms with E-state index in [-0.39, 0.29) is 17.7 Å². The van der Waals surface area contributed by atoms with Gasteiger partial charge in [0.25, 0.3) is 5.91 Å². The van der Waals surface area contributed by atoms with Crippen molar-refractivity contribution in [2.75, 3.05) is 20.8 Å². The van der Waals surface area contributed by atoms with Crippen LogP contribution >= 0.6 is 0 Å². The quantitative estimate of drug-likeness (QED) is 0.843. The molecule has 3 rings (SSSR count). The fourth-order valence-electron chi connectivity index (χ4n) is 3.44. The average molecular weight is 372 g/mol. The topological polar surface area (TPSA) is 81.0 Å². The third kappa shape index (κ3) is 3.92. The van der Waals surface area contributed by atoms with Gasteiger partial charge >= 0.3 is 0 Å². The number of benzene rings is 1. The van der Waals surface area contributed by atoms with Crippen molar-refractivity contribution in [1.82, 2.24) is 10.2 Å². The Morgan fingerprint density at radius 1 is 1.26 bits per heavy atom. The minimum atomic E-state index is -0.667. The minimum Gasteiger partial charge on any atom is -0.497 e. The minimum absolute atomic E-state index is 0.120. The van der Waals surface area contributed by atoms with Crippen molar-refractivity contribution >= 4 is 11.8 Å². The summed E-state index contributed by atoms with van der Waals surface area (Å²) < 4.78 is 15.9. The Morgan fingerprint density at radius 2 is 2.07 bits per heavy atom. The molecule has 0 aliphatic carbocycles. The second-order valence-corrected chi connectivity index (χ2v) is 6.47. The number of amides is 2. The molecule has 1 fully saturated rings. The Morgan fingerprint density at radius 3 is 2.74 bits per heavy atom. The summed E-state index contributed by atoms with van der Waals surface area (Å²) >= 11 is 0. The van der Waals surface area contributed by atoms with Crippen LogP contribution in [0.4, 0.5) is 0 Å². The van der Waals surface area contributed by atoms with Crippen molar-refractivity contribution < 1.29 is 23.5 Å². The van der Waals surface area contributed by atoms with E-state index < -0.39 is 11.9 Å². The Bertz CT molecular complexity index is 803. The number of ether oxygens (including phenoxy) is 2. The van der Waals surface area contributed by atoms with Crippen LogP contribution in [0.3, 0.4) is 0 Å². The fourth-order valence-corrected chi connectivity index (χ4v) is 3.44. The third-order valence-electron chi connectivity index (χ3n) is 4.79. The van der Waals surface area contributed by atoms with Crippen LogP contribution < -0.4 is 14.8 Å². The molecular formula is C20H24N2O5. The molecule has 7 heteroatoms. The Kier molecular flexibility index (Phi) is 5.69. The Hall–Kier alpha value is -2.96. The monoisotopic (exact) mass is 372 g/mol. The first kappa shape index (κ1) is 18.8. The normalized spacial score (nSPS) is 17.4. The number of hydrogen-bond donors (Lipinski definition) is 1. The van der Waals surface area contributed by atoms with E-state index in [2.05, 4.69) is 5.32 Å². The molecule has 0 spiro atoms. The van der Waals surface area contributed by atoms with Gasteiger partial charge in [-0.05, 0) is 50.1 Å². The molecule has 1 N–H and O–H groups in total. The summed E-state index contributed by atoms with van der Waals surface area (Å²) in [6, 6.07) is 7.98. The molecule has 2 unspecified atom stereocenters. The predicted octanol–water partition coefficient (Wildman–Crippen LogP) is 2.78. The summed E-state index contributed by atoms with van der Waals surface area (Å²) in [5, 5.41) is 2.70. The zero-order valence-corrected chi connectivity index (χ0v) is 15.7. The molecule has 144 valence electrons. The first-order valence-electron chi connectivity index (χ1n) is 8.92.